The van der Waals surface area contributed by atoms with Crippen LogP contribution in [0.2, 0.25) is 0 Å². The van der Waals surface area contributed by atoms with Crippen molar-refractivity contribution in [2.45, 2.75) is 360 Å². The maximum absolute atomic E-state index is 12.5. The molecule has 0 heterocycles. The van der Waals surface area contributed by atoms with Crippen LogP contribution in [0.15, 0.2) is 24.3 Å². The van der Waals surface area contributed by atoms with Crippen molar-refractivity contribution in [2.24, 2.45) is 0 Å². The van der Waals surface area contributed by atoms with E-state index in [0.29, 0.717) is 25.9 Å². The Hall–Kier alpha value is -1.66. The highest BCUT2D eigenvalue weighted by Gasteiger charge is 2.20. The summed E-state index contributed by atoms with van der Waals surface area (Å²) in [7, 11) is 0. The molecule has 3 N–H and O–H groups in total. The first-order valence-electron chi connectivity index (χ1n) is 31.6. The number of ether oxygens (including phenoxy) is 1. The van der Waals surface area contributed by atoms with Gasteiger partial charge >= 0.3 is 5.97 Å². The highest BCUT2D eigenvalue weighted by molar-refractivity contribution is 5.76. The topological polar surface area (TPSA) is 95.9 Å². The fourth-order valence-electron chi connectivity index (χ4n) is 9.93. The molecule has 0 rings (SSSR count). The van der Waals surface area contributed by atoms with Gasteiger partial charge in [0.2, 0.25) is 5.91 Å². The summed E-state index contributed by atoms with van der Waals surface area (Å²) in [5.74, 6) is -0.0541. The fourth-order valence-corrected chi connectivity index (χ4v) is 9.93. The van der Waals surface area contributed by atoms with Crippen molar-refractivity contribution in [1.82, 2.24) is 5.32 Å². The Bertz CT molecular complexity index is 1090. The van der Waals surface area contributed by atoms with E-state index in [9.17, 15) is 19.8 Å². The van der Waals surface area contributed by atoms with Gasteiger partial charge in [0, 0.05) is 12.8 Å². The quantitative estimate of drug-likeness (QED) is 0.0321. The maximum Gasteiger partial charge on any atom is 0.305 e. The van der Waals surface area contributed by atoms with Crippen molar-refractivity contribution in [3.8, 4) is 0 Å². The zero-order chi connectivity index (χ0) is 50.7. The normalized spacial score (nSPS) is 12.7. The number of carbonyl (C=O) groups excluding carboxylic acids is 2. The number of esters is 1. The van der Waals surface area contributed by atoms with E-state index in [1.54, 1.807) is 0 Å². The summed E-state index contributed by atoms with van der Waals surface area (Å²) in [5.41, 5.74) is 0. The van der Waals surface area contributed by atoms with Gasteiger partial charge in [0.15, 0.2) is 0 Å². The van der Waals surface area contributed by atoms with Crippen LogP contribution in [0, 0.1) is 0 Å². The summed E-state index contributed by atoms with van der Waals surface area (Å²) < 4.78 is 5.44. The second kappa shape index (κ2) is 59.9. The minimum atomic E-state index is -0.672. The van der Waals surface area contributed by atoms with Crippen LogP contribution in [-0.4, -0.2) is 47.4 Å². The van der Waals surface area contributed by atoms with Gasteiger partial charge in [-0.1, -0.05) is 301 Å². The number of carbonyl (C=O) groups is 2. The summed E-state index contributed by atoms with van der Waals surface area (Å²) in [6.07, 6.45) is 73.3. The Morgan fingerprint density at radius 1 is 0.400 bits per heavy atom. The van der Waals surface area contributed by atoms with Gasteiger partial charge in [0.05, 0.1) is 25.4 Å². The number of aliphatic hydroxyl groups is 2. The molecular formula is C64H123NO5. The number of hydrogen-bond acceptors (Lipinski definition) is 5. The first kappa shape index (κ1) is 68.3. The monoisotopic (exact) mass is 986 g/mol. The van der Waals surface area contributed by atoms with Crippen LogP contribution in [-0.2, 0) is 14.3 Å². The highest BCUT2D eigenvalue weighted by atomic mass is 16.5. The third kappa shape index (κ3) is 55.7. The third-order valence-corrected chi connectivity index (χ3v) is 14.8. The first-order chi connectivity index (χ1) is 34.5. The van der Waals surface area contributed by atoms with E-state index in [1.165, 1.54) is 244 Å². The molecule has 0 radical (unpaired) electrons. The Morgan fingerprint density at radius 3 is 1.06 bits per heavy atom. The number of rotatable bonds is 59. The van der Waals surface area contributed by atoms with Crippen LogP contribution >= 0.6 is 0 Å². The molecule has 0 fully saturated rings. The molecule has 6 heteroatoms. The average Bonchev–Trinajstić information content (AvgIpc) is 3.36. The molecule has 0 saturated carbocycles. The van der Waals surface area contributed by atoms with E-state index in [-0.39, 0.29) is 18.5 Å². The van der Waals surface area contributed by atoms with Crippen molar-refractivity contribution in [3.05, 3.63) is 24.3 Å². The van der Waals surface area contributed by atoms with Crippen LogP contribution in [0.1, 0.15) is 348 Å². The van der Waals surface area contributed by atoms with E-state index >= 15 is 0 Å². The van der Waals surface area contributed by atoms with Crippen LogP contribution in [0.5, 0.6) is 0 Å². The zero-order valence-corrected chi connectivity index (χ0v) is 47.3. The Balaban J connectivity index is 3.47. The van der Waals surface area contributed by atoms with E-state index in [0.717, 1.165) is 70.6 Å². The van der Waals surface area contributed by atoms with Crippen molar-refractivity contribution in [1.29, 1.82) is 0 Å². The maximum atomic E-state index is 12.5. The second-order valence-electron chi connectivity index (χ2n) is 21.8. The van der Waals surface area contributed by atoms with Crippen LogP contribution in [0.4, 0.5) is 0 Å². The van der Waals surface area contributed by atoms with Gasteiger partial charge in [-0.15, -0.1) is 0 Å². The Morgan fingerprint density at radius 2 is 0.700 bits per heavy atom. The van der Waals surface area contributed by atoms with Crippen molar-refractivity contribution < 1.29 is 24.5 Å². The molecule has 0 aliphatic carbocycles. The van der Waals surface area contributed by atoms with Crippen molar-refractivity contribution in [2.75, 3.05) is 13.2 Å². The fraction of sp³-hybridized carbons (Fsp3) is 0.906. The molecule has 0 aromatic carbocycles. The van der Waals surface area contributed by atoms with Gasteiger partial charge in [0.1, 0.15) is 0 Å². The lowest BCUT2D eigenvalue weighted by Gasteiger charge is -2.22. The van der Waals surface area contributed by atoms with E-state index < -0.39 is 12.1 Å². The molecule has 70 heavy (non-hydrogen) atoms. The molecule has 0 aliphatic heterocycles. The molecule has 414 valence electrons. The lowest BCUT2D eigenvalue weighted by atomic mass is 10.0. The second-order valence-corrected chi connectivity index (χ2v) is 21.8. The number of nitrogens with one attached hydrogen (secondary N) is 1. The summed E-state index contributed by atoms with van der Waals surface area (Å²) in [6.45, 7) is 4.93. The molecule has 0 spiro atoms. The first-order valence-corrected chi connectivity index (χ1v) is 31.6. The minimum Gasteiger partial charge on any atom is -0.466 e. The summed E-state index contributed by atoms with van der Waals surface area (Å²) in [4.78, 5) is 24.5. The molecule has 6 nitrogen and oxygen atoms in total. The molecule has 0 saturated heterocycles. The number of amides is 1. The van der Waals surface area contributed by atoms with Gasteiger partial charge < -0.3 is 20.3 Å². The van der Waals surface area contributed by atoms with Gasteiger partial charge in [-0.2, -0.15) is 0 Å². The molecular weight excluding hydrogens is 863 g/mol. The molecule has 1 amide bonds. The summed E-state index contributed by atoms with van der Waals surface area (Å²) >= 11 is 0. The van der Waals surface area contributed by atoms with Gasteiger partial charge in [-0.25, -0.2) is 0 Å². The van der Waals surface area contributed by atoms with Gasteiger partial charge in [-0.05, 0) is 57.8 Å². The van der Waals surface area contributed by atoms with Gasteiger partial charge in [0.25, 0.3) is 0 Å². The molecule has 0 bridgehead atoms. The van der Waals surface area contributed by atoms with Crippen LogP contribution < -0.4 is 5.32 Å². The van der Waals surface area contributed by atoms with E-state index in [2.05, 4.69) is 43.5 Å². The van der Waals surface area contributed by atoms with Crippen LogP contribution in [0.25, 0.3) is 0 Å². The van der Waals surface area contributed by atoms with Crippen molar-refractivity contribution >= 4 is 11.9 Å². The smallest absolute Gasteiger partial charge is 0.305 e. The van der Waals surface area contributed by atoms with E-state index in [1.807, 2.05) is 0 Å². The lowest BCUT2D eigenvalue weighted by Crippen LogP contribution is -2.45. The summed E-state index contributed by atoms with van der Waals surface area (Å²) in [6, 6.07) is -0.550. The van der Waals surface area contributed by atoms with Crippen molar-refractivity contribution in [3.63, 3.8) is 0 Å². The lowest BCUT2D eigenvalue weighted by molar-refractivity contribution is -0.143. The number of hydrogen-bond donors (Lipinski definition) is 3. The zero-order valence-electron chi connectivity index (χ0n) is 47.3. The largest absolute Gasteiger partial charge is 0.466 e. The van der Waals surface area contributed by atoms with Crippen LogP contribution in [0.3, 0.4) is 0 Å². The van der Waals surface area contributed by atoms with Gasteiger partial charge in [-0.3, -0.25) is 9.59 Å². The average molecular weight is 987 g/mol. The van der Waals surface area contributed by atoms with E-state index in [4.69, 9.17) is 4.74 Å². The number of unbranched alkanes of at least 4 members (excludes halogenated alkanes) is 45. The predicted molar refractivity (Wildman–Crippen MR) is 306 cm³/mol. The third-order valence-electron chi connectivity index (χ3n) is 14.8. The highest BCUT2D eigenvalue weighted by Crippen LogP contribution is 2.18. The molecule has 0 aromatic rings. The standard InChI is InChI=1S/C64H123NO5/c1-3-5-7-9-11-13-15-16-17-18-19-20-21-22-24-27-30-33-37-40-44-48-52-56-62(67)61(60-66)65-63(68)57-53-49-45-41-38-34-31-28-25-23-26-29-32-35-39-43-47-51-55-59-70-64(69)58-54-50-46-42-36-14-12-10-8-6-4-2/h29,32,35,39,61-62,66-67H,3-28,30-31,33-34,36-38,40-60H2,1-2H3,(H,65,68)/b32-29-,39-35-. The minimum absolute atomic E-state index is 0.0130. The molecule has 0 aromatic heterocycles. The Labute approximate surface area is 437 Å². The SMILES string of the molecule is CCCCCCCCCCCCCCCCCCCCCCCCCC(O)C(CO)NC(=O)CCCCCCCCCCCC/C=C\C=C/CCCCCOC(=O)CCCCCCCCCCCCC. The molecule has 2 atom stereocenters. The number of allylic oxidation sites excluding steroid dienone is 4. The summed E-state index contributed by atoms with van der Waals surface area (Å²) in [5, 5.41) is 23.4. The Kier molecular flexibility index (Phi) is 58.5. The predicted octanol–water partition coefficient (Wildman–Crippen LogP) is 19.8. The molecule has 0 aliphatic rings. The molecule has 2 unspecified atom stereocenters. The number of aliphatic hydroxyl groups excluding tert-OH is 2.